The minimum absolute atomic E-state index is 0.0561. The first-order valence-corrected chi connectivity index (χ1v) is 7.30. The van der Waals surface area contributed by atoms with E-state index in [9.17, 15) is 21.6 Å². The van der Waals surface area contributed by atoms with Gasteiger partial charge in [-0.2, -0.15) is 13.2 Å². The summed E-state index contributed by atoms with van der Waals surface area (Å²) in [5.41, 5.74) is 3.67. The van der Waals surface area contributed by atoms with E-state index in [0.29, 0.717) is 0 Å². The van der Waals surface area contributed by atoms with Crippen molar-refractivity contribution in [1.82, 2.24) is 0 Å². The predicted molar refractivity (Wildman–Crippen MR) is 66.0 cm³/mol. The van der Waals surface area contributed by atoms with Gasteiger partial charge in [0, 0.05) is 5.69 Å². The van der Waals surface area contributed by atoms with Gasteiger partial charge in [-0.15, -0.1) is 0 Å². The molecule has 4 nitrogen and oxygen atoms in total. The molecule has 0 bridgehead atoms. The minimum atomic E-state index is -4.66. The summed E-state index contributed by atoms with van der Waals surface area (Å²) < 4.78 is 63.8. The molecule has 0 heterocycles. The highest BCUT2D eigenvalue weighted by atomic mass is 32.2. The maximum absolute atomic E-state index is 12.8. The molecule has 19 heavy (non-hydrogen) atoms. The van der Waals surface area contributed by atoms with Gasteiger partial charge in [-0.3, -0.25) is 4.72 Å². The van der Waals surface area contributed by atoms with E-state index in [4.69, 9.17) is 5.73 Å². The van der Waals surface area contributed by atoms with Crippen LogP contribution in [-0.2, 0) is 16.2 Å². The van der Waals surface area contributed by atoms with Gasteiger partial charge in [0.1, 0.15) is 0 Å². The molecule has 0 unspecified atom stereocenters. The summed E-state index contributed by atoms with van der Waals surface area (Å²) in [4.78, 5) is 0. The Kier molecular flexibility index (Phi) is 3.38. The second-order valence-electron chi connectivity index (χ2n) is 4.63. The highest BCUT2D eigenvalue weighted by molar-refractivity contribution is 7.92. The van der Waals surface area contributed by atoms with Gasteiger partial charge < -0.3 is 5.73 Å². The van der Waals surface area contributed by atoms with Crippen molar-refractivity contribution in [3.63, 3.8) is 0 Å². The van der Waals surface area contributed by atoms with Crippen LogP contribution in [-0.4, -0.2) is 14.2 Å². The Morgan fingerprint density at radius 3 is 2.47 bits per heavy atom. The van der Waals surface area contributed by atoms with Gasteiger partial charge in [-0.25, -0.2) is 8.42 Å². The van der Waals surface area contributed by atoms with Crippen LogP contribution in [0.3, 0.4) is 0 Å². The third kappa shape index (κ3) is 3.76. The van der Waals surface area contributed by atoms with Gasteiger partial charge in [-0.1, -0.05) is 0 Å². The molecular formula is C11H13F3N2O2S. The molecule has 1 fully saturated rings. The van der Waals surface area contributed by atoms with Crippen molar-refractivity contribution in [2.75, 3.05) is 16.2 Å². The van der Waals surface area contributed by atoms with Crippen molar-refractivity contribution >= 4 is 21.4 Å². The van der Waals surface area contributed by atoms with Crippen molar-refractivity contribution in [3.8, 4) is 0 Å². The van der Waals surface area contributed by atoms with Crippen molar-refractivity contribution in [1.29, 1.82) is 0 Å². The van der Waals surface area contributed by atoms with Gasteiger partial charge in [-0.05, 0) is 37.0 Å². The Hall–Kier alpha value is -1.44. The summed E-state index contributed by atoms with van der Waals surface area (Å²) in [6, 6.07) is 2.97. The molecule has 0 aromatic heterocycles. The summed E-state index contributed by atoms with van der Waals surface area (Å²) in [6.07, 6.45) is -3.06. The summed E-state index contributed by atoms with van der Waals surface area (Å²) in [7, 11) is -3.76. The van der Waals surface area contributed by atoms with Crippen LogP contribution in [0.2, 0.25) is 0 Å². The summed E-state index contributed by atoms with van der Waals surface area (Å²) in [5.74, 6) is -0.0880. The molecule has 3 N–H and O–H groups in total. The summed E-state index contributed by atoms with van der Waals surface area (Å²) in [5, 5.41) is 0. The molecular weight excluding hydrogens is 281 g/mol. The molecule has 1 aromatic rings. The Morgan fingerprint density at radius 2 is 1.95 bits per heavy atom. The van der Waals surface area contributed by atoms with Gasteiger partial charge in [0.2, 0.25) is 10.0 Å². The Labute approximate surface area is 108 Å². The van der Waals surface area contributed by atoms with Crippen molar-refractivity contribution < 1.29 is 21.6 Å². The van der Waals surface area contributed by atoms with Gasteiger partial charge in [0.05, 0.1) is 17.0 Å². The SMILES string of the molecule is Nc1ccc(NS(=O)(=O)CC2CC2)c(C(F)(F)F)c1. The predicted octanol–water partition coefficient (Wildman–Crippen LogP) is 2.44. The summed E-state index contributed by atoms with van der Waals surface area (Å²) >= 11 is 0. The zero-order chi connectivity index (χ0) is 14.3. The van der Waals surface area contributed by atoms with E-state index in [1.807, 2.05) is 4.72 Å². The highest BCUT2D eigenvalue weighted by Gasteiger charge is 2.35. The molecule has 0 radical (unpaired) electrons. The first kappa shape index (κ1) is 14.0. The standard InChI is InChI=1S/C11H13F3N2O2S/c12-11(13,14)9-5-8(15)3-4-10(9)16-19(17,18)6-7-1-2-7/h3-5,7,16H,1-2,6,15H2. The molecule has 0 spiro atoms. The smallest absolute Gasteiger partial charge is 0.399 e. The zero-order valence-electron chi connectivity index (χ0n) is 9.87. The topological polar surface area (TPSA) is 72.2 Å². The Bertz CT molecular complexity index is 580. The molecule has 1 aromatic carbocycles. The second-order valence-corrected chi connectivity index (χ2v) is 6.40. The van der Waals surface area contributed by atoms with Crippen molar-refractivity contribution in [3.05, 3.63) is 23.8 Å². The van der Waals surface area contributed by atoms with E-state index in [1.165, 1.54) is 6.07 Å². The largest absolute Gasteiger partial charge is 0.418 e. The second kappa shape index (κ2) is 4.59. The maximum atomic E-state index is 12.8. The van der Waals surface area contributed by atoms with E-state index in [2.05, 4.69) is 0 Å². The molecule has 106 valence electrons. The summed E-state index contributed by atoms with van der Waals surface area (Å²) in [6.45, 7) is 0. The fourth-order valence-electron chi connectivity index (χ4n) is 1.69. The number of nitrogens with one attached hydrogen (secondary N) is 1. The Balaban J connectivity index is 2.29. The van der Waals surface area contributed by atoms with Gasteiger partial charge in [0.15, 0.2) is 0 Å². The average molecular weight is 294 g/mol. The number of benzene rings is 1. The lowest BCUT2D eigenvalue weighted by molar-refractivity contribution is -0.136. The Morgan fingerprint density at radius 1 is 1.32 bits per heavy atom. The minimum Gasteiger partial charge on any atom is -0.399 e. The monoisotopic (exact) mass is 294 g/mol. The van der Waals surface area contributed by atoms with Crippen molar-refractivity contribution in [2.45, 2.75) is 19.0 Å². The number of alkyl halides is 3. The van der Waals surface area contributed by atoms with E-state index in [0.717, 1.165) is 25.0 Å². The highest BCUT2D eigenvalue weighted by Crippen LogP contribution is 2.37. The van der Waals surface area contributed by atoms with E-state index >= 15 is 0 Å². The zero-order valence-corrected chi connectivity index (χ0v) is 10.7. The van der Waals surface area contributed by atoms with Gasteiger partial charge in [0.25, 0.3) is 0 Å². The van der Waals surface area contributed by atoms with Crippen LogP contribution in [0.1, 0.15) is 18.4 Å². The molecule has 0 atom stereocenters. The molecule has 1 aliphatic rings. The third-order valence-corrected chi connectivity index (χ3v) is 4.21. The fourth-order valence-corrected chi connectivity index (χ4v) is 3.24. The van der Waals surface area contributed by atoms with E-state index in [1.54, 1.807) is 0 Å². The number of hydrogen-bond donors (Lipinski definition) is 2. The first-order valence-electron chi connectivity index (χ1n) is 5.64. The van der Waals surface area contributed by atoms with Crippen LogP contribution >= 0.6 is 0 Å². The molecule has 1 aliphatic carbocycles. The molecule has 0 amide bonds. The molecule has 0 aliphatic heterocycles. The molecule has 1 saturated carbocycles. The number of rotatable bonds is 4. The fraction of sp³-hybridized carbons (Fsp3) is 0.455. The van der Waals surface area contributed by atoms with Crippen molar-refractivity contribution in [2.24, 2.45) is 5.92 Å². The number of hydrogen-bond acceptors (Lipinski definition) is 3. The van der Waals surface area contributed by atoms with E-state index in [-0.39, 0.29) is 17.4 Å². The third-order valence-electron chi connectivity index (χ3n) is 2.77. The van der Waals surface area contributed by atoms with Crippen LogP contribution < -0.4 is 10.5 Å². The molecule has 8 heteroatoms. The normalized spacial score (nSPS) is 16.4. The maximum Gasteiger partial charge on any atom is 0.418 e. The first-order chi connectivity index (χ1) is 8.67. The molecule has 0 saturated heterocycles. The molecule has 2 rings (SSSR count). The lowest BCUT2D eigenvalue weighted by atomic mass is 10.1. The van der Waals surface area contributed by atoms with E-state index < -0.39 is 27.5 Å². The van der Waals surface area contributed by atoms with Gasteiger partial charge >= 0.3 is 6.18 Å². The van der Waals surface area contributed by atoms with Crippen LogP contribution in [0.4, 0.5) is 24.5 Å². The quantitative estimate of drug-likeness (QED) is 0.838. The number of sulfonamides is 1. The number of nitrogens with two attached hydrogens (primary N) is 1. The van der Waals surface area contributed by atoms with Crippen LogP contribution in [0.25, 0.3) is 0 Å². The van der Waals surface area contributed by atoms with Crippen LogP contribution in [0.5, 0.6) is 0 Å². The number of anilines is 2. The lowest BCUT2D eigenvalue weighted by Crippen LogP contribution is -2.20. The lowest BCUT2D eigenvalue weighted by Gasteiger charge is -2.15. The number of halogens is 3. The van der Waals surface area contributed by atoms with Crippen LogP contribution in [0.15, 0.2) is 18.2 Å². The van der Waals surface area contributed by atoms with Crippen LogP contribution in [0, 0.1) is 5.92 Å². The average Bonchev–Trinajstić information content (AvgIpc) is 3.02. The number of nitrogen functional groups attached to an aromatic ring is 1.